The van der Waals surface area contributed by atoms with Crippen LogP contribution in [0.3, 0.4) is 0 Å². The third kappa shape index (κ3) is 6.91. The maximum Gasteiger partial charge on any atom is 0.00965 e. The molecule has 1 fully saturated rings. The van der Waals surface area contributed by atoms with Gasteiger partial charge in [-0.1, -0.05) is 6.42 Å². The number of piperidine rings is 1. The van der Waals surface area contributed by atoms with E-state index in [4.69, 9.17) is 0 Å². The number of nitrogens with one attached hydrogen (secondary N) is 1. The highest BCUT2D eigenvalue weighted by Crippen LogP contribution is 2.09. The highest BCUT2D eigenvalue weighted by molar-refractivity contribution is 4.70. The lowest BCUT2D eigenvalue weighted by molar-refractivity contribution is 0.223. The predicted molar refractivity (Wildman–Crippen MR) is 67.3 cm³/mol. The highest BCUT2D eigenvalue weighted by atomic mass is 15.1. The minimum absolute atomic E-state index is 0.283. The Bertz CT molecular complexity index is 154. The molecule has 0 bridgehead atoms. The van der Waals surface area contributed by atoms with Crippen LogP contribution in [-0.2, 0) is 0 Å². The molecule has 0 aliphatic carbocycles. The second kappa shape index (κ2) is 6.49. The molecule has 0 aromatic carbocycles. The zero-order chi connectivity index (χ0) is 11.1. The van der Waals surface area contributed by atoms with Crippen molar-refractivity contribution < 1.29 is 0 Å². The smallest absolute Gasteiger partial charge is 0.00965 e. The van der Waals surface area contributed by atoms with Crippen LogP contribution in [0.1, 0.15) is 52.9 Å². The van der Waals surface area contributed by atoms with Crippen LogP contribution in [0.25, 0.3) is 0 Å². The summed E-state index contributed by atoms with van der Waals surface area (Å²) in [4.78, 5) is 2.63. The maximum absolute atomic E-state index is 3.54. The number of rotatable bonds is 5. The van der Waals surface area contributed by atoms with E-state index in [0.29, 0.717) is 0 Å². The van der Waals surface area contributed by atoms with Crippen molar-refractivity contribution in [1.29, 1.82) is 0 Å². The molecule has 1 saturated heterocycles. The van der Waals surface area contributed by atoms with E-state index >= 15 is 0 Å². The van der Waals surface area contributed by atoms with E-state index in [0.717, 1.165) is 6.54 Å². The number of likely N-dealkylation sites (tertiary alicyclic amines) is 1. The van der Waals surface area contributed by atoms with Gasteiger partial charge in [0.1, 0.15) is 0 Å². The van der Waals surface area contributed by atoms with E-state index in [1.807, 2.05) is 0 Å². The van der Waals surface area contributed by atoms with Crippen molar-refractivity contribution in [2.45, 2.75) is 58.4 Å². The van der Waals surface area contributed by atoms with Crippen molar-refractivity contribution in [3.8, 4) is 0 Å². The molecule has 0 aromatic rings. The van der Waals surface area contributed by atoms with Crippen LogP contribution in [0.5, 0.6) is 0 Å². The lowest BCUT2D eigenvalue weighted by Crippen LogP contribution is -2.37. The maximum atomic E-state index is 3.54. The summed E-state index contributed by atoms with van der Waals surface area (Å²) in [5, 5.41) is 3.54. The zero-order valence-electron chi connectivity index (χ0n) is 10.8. The molecule has 0 unspecified atom stereocenters. The van der Waals surface area contributed by atoms with Gasteiger partial charge in [0.25, 0.3) is 0 Å². The van der Waals surface area contributed by atoms with Crippen molar-refractivity contribution in [2.75, 3.05) is 26.2 Å². The lowest BCUT2D eigenvalue weighted by Gasteiger charge is -2.26. The first-order valence-electron chi connectivity index (χ1n) is 6.55. The van der Waals surface area contributed by atoms with Crippen LogP contribution in [0, 0.1) is 0 Å². The molecule has 2 heteroatoms. The monoisotopic (exact) mass is 212 g/mol. The molecule has 1 rings (SSSR count). The summed E-state index contributed by atoms with van der Waals surface area (Å²) in [5.74, 6) is 0. The Balaban J connectivity index is 1.92. The van der Waals surface area contributed by atoms with E-state index in [1.54, 1.807) is 0 Å². The molecule has 0 atom stereocenters. The fraction of sp³-hybridized carbons (Fsp3) is 1.00. The topological polar surface area (TPSA) is 15.3 Å². The van der Waals surface area contributed by atoms with Crippen LogP contribution in [0.15, 0.2) is 0 Å². The molecule has 0 saturated carbocycles. The highest BCUT2D eigenvalue weighted by Gasteiger charge is 2.10. The van der Waals surface area contributed by atoms with E-state index in [9.17, 15) is 0 Å². The fourth-order valence-electron chi connectivity index (χ4n) is 2.11. The molecule has 1 aliphatic heterocycles. The molecular weight excluding hydrogens is 184 g/mol. The van der Waals surface area contributed by atoms with Crippen molar-refractivity contribution in [3.63, 3.8) is 0 Å². The normalized spacial score (nSPS) is 19.4. The molecule has 1 aliphatic rings. The van der Waals surface area contributed by atoms with Crippen molar-refractivity contribution in [1.82, 2.24) is 10.2 Å². The number of nitrogens with zero attached hydrogens (tertiary/aromatic N) is 1. The average Bonchev–Trinajstić information content (AvgIpc) is 2.17. The summed E-state index contributed by atoms with van der Waals surface area (Å²) in [6.07, 6.45) is 6.94. The number of hydrogen-bond acceptors (Lipinski definition) is 2. The van der Waals surface area contributed by atoms with E-state index in [1.165, 1.54) is 51.7 Å². The van der Waals surface area contributed by atoms with E-state index < -0.39 is 0 Å². The molecule has 0 radical (unpaired) electrons. The van der Waals surface area contributed by atoms with Gasteiger partial charge in [0.2, 0.25) is 0 Å². The molecule has 0 aromatic heterocycles. The van der Waals surface area contributed by atoms with Crippen LogP contribution >= 0.6 is 0 Å². The van der Waals surface area contributed by atoms with Gasteiger partial charge in [-0.3, -0.25) is 0 Å². The largest absolute Gasteiger partial charge is 0.312 e. The molecule has 0 amide bonds. The standard InChI is InChI=1S/C13H28N2/c1-13(2,3)14-9-5-8-12-15-10-6-4-7-11-15/h14H,4-12H2,1-3H3. The number of hydrogen-bond donors (Lipinski definition) is 1. The Morgan fingerprint density at radius 1 is 1.00 bits per heavy atom. The molecule has 15 heavy (non-hydrogen) atoms. The van der Waals surface area contributed by atoms with Gasteiger partial charge in [-0.25, -0.2) is 0 Å². The van der Waals surface area contributed by atoms with Crippen molar-refractivity contribution in [3.05, 3.63) is 0 Å². The molecular formula is C13H28N2. The van der Waals surface area contributed by atoms with Crippen molar-refractivity contribution >= 4 is 0 Å². The summed E-state index contributed by atoms with van der Waals surface area (Å²) in [7, 11) is 0. The summed E-state index contributed by atoms with van der Waals surface area (Å²) >= 11 is 0. The quantitative estimate of drug-likeness (QED) is 0.705. The van der Waals surface area contributed by atoms with Crippen molar-refractivity contribution in [2.24, 2.45) is 0 Å². The van der Waals surface area contributed by atoms with Gasteiger partial charge in [0.15, 0.2) is 0 Å². The number of unbranched alkanes of at least 4 members (excludes halogenated alkanes) is 1. The molecule has 1 heterocycles. The first kappa shape index (κ1) is 13.0. The van der Waals surface area contributed by atoms with Gasteiger partial charge in [0.05, 0.1) is 0 Å². The fourth-order valence-corrected chi connectivity index (χ4v) is 2.11. The van der Waals surface area contributed by atoms with Gasteiger partial charge < -0.3 is 10.2 Å². The molecule has 1 N–H and O–H groups in total. The first-order valence-corrected chi connectivity index (χ1v) is 6.55. The Hall–Kier alpha value is -0.0800. The van der Waals surface area contributed by atoms with Gasteiger partial charge in [-0.2, -0.15) is 0 Å². The van der Waals surface area contributed by atoms with Crippen LogP contribution in [0.2, 0.25) is 0 Å². The minimum Gasteiger partial charge on any atom is -0.312 e. The third-order valence-electron chi connectivity index (χ3n) is 3.01. The van der Waals surface area contributed by atoms with Gasteiger partial charge in [-0.15, -0.1) is 0 Å². The summed E-state index contributed by atoms with van der Waals surface area (Å²) < 4.78 is 0. The Morgan fingerprint density at radius 3 is 2.27 bits per heavy atom. The van der Waals surface area contributed by atoms with Gasteiger partial charge >= 0.3 is 0 Å². The lowest BCUT2D eigenvalue weighted by atomic mass is 10.1. The first-order chi connectivity index (χ1) is 7.08. The Labute approximate surface area is 95.4 Å². The third-order valence-corrected chi connectivity index (χ3v) is 3.01. The van der Waals surface area contributed by atoms with Crippen LogP contribution in [0.4, 0.5) is 0 Å². The van der Waals surface area contributed by atoms with E-state index in [2.05, 4.69) is 31.0 Å². The molecule has 0 spiro atoms. The van der Waals surface area contributed by atoms with E-state index in [-0.39, 0.29) is 5.54 Å². The molecule has 90 valence electrons. The summed E-state index contributed by atoms with van der Waals surface area (Å²) in [6, 6.07) is 0. The summed E-state index contributed by atoms with van der Waals surface area (Å²) in [5.41, 5.74) is 0.283. The molecule has 2 nitrogen and oxygen atoms in total. The van der Waals surface area contributed by atoms with Gasteiger partial charge in [0, 0.05) is 5.54 Å². The second-order valence-corrected chi connectivity index (χ2v) is 5.79. The Kier molecular flexibility index (Phi) is 5.62. The van der Waals surface area contributed by atoms with Crippen LogP contribution < -0.4 is 5.32 Å². The Morgan fingerprint density at radius 2 is 1.67 bits per heavy atom. The SMILES string of the molecule is CC(C)(C)NCCCCN1CCCCC1. The zero-order valence-corrected chi connectivity index (χ0v) is 10.8. The predicted octanol–water partition coefficient (Wildman–Crippen LogP) is 2.64. The average molecular weight is 212 g/mol. The van der Waals surface area contributed by atoms with Crippen LogP contribution in [-0.4, -0.2) is 36.6 Å². The summed E-state index contributed by atoms with van der Waals surface area (Å²) in [6.45, 7) is 11.9. The second-order valence-electron chi connectivity index (χ2n) is 5.79. The van der Waals surface area contributed by atoms with Gasteiger partial charge in [-0.05, 0) is 72.6 Å². The minimum atomic E-state index is 0.283.